The van der Waals surface area contributed by atoms with E-state index in [2.05, 4.69) is 13.8 Å². The Kier molecular flexibility index (Phi) is 3.39. The lowest BCUT2D eigenvalue weighted by molar-refractivity contribution is -0.112. The van der Waals surface area contributed by atoms with Crippen LogP contribution in [0, 0.1) is 11.3 Å². The molecule has 1 saturated carbocycles. The molecule has 0 heterocycles. The molecule has 1 N–H and O–H groups in total. The zero-order valence-electron chi connectivity index (χ0n) is 10.2. The maximum atomic E-state index is 10.9. The Labute approximate surface area is 92.4 Å². The molecule has 1 fully saturated rings. The van der Waals surface area contributed by atoms with Crippen LogP contribution in [-0.2, 0) is 4.79 Å². The molecule has 2 heteroatoms. The second-order valence-electron chi connectivity index (χ2n) is 5.65. The molecule has 1 rings (SSSR count). The van der Waals surface area contributed by atoms with Gasteiger partial charge in [-0.05, 0) is 38.2 Å². The number of rotatable bonds is 2. The van der Waals surface area contributed by atoms with Crippen LogP contribution in [0.25, 0.3) is 0 Å². The fraction of sp³-hybridized carbons (Fsp3) is 0.769. The first-order valence-electron chi connectivity index (χ1n) is 5.67. The average Bonchev–Trinajstić information content (AvgIpc) is 1.99. The predicted molar refractivity (Wildman–Crippen MR) is 61.6 cm³/mol. The molecule has 2 atom stereocenters. The van der Waals surface area contributed by atoms with Crippen molar-refractivity contribution in [2.45, 2.75) is 52.6 Å². The summed E-state index contributed by atoms with van der Waals surface area (Å²) in [6.45, 7) is 7.75. The lowest BCUT2D eigenvalue weighted by atomic mass is 9.62. The summed E-state index contributed by atoms with van der Waals surface area (Å²) in [5, 5.41) is 10.3. The predicted octanol–water partition coefficient (Wildman–Crippen LogP) is 2.71. The quantitative estimate of drug-likeness (QED) is 0.711. The normalized spacial score (nSPS) is 35.7. The van der Waals surface area contributed by atoms with Gasteiger partial charge in [-0.2, -0.15) is 0 Å². The first-order chi connectivity index (χ1) is 6.76. The van der Waals surface area contributed by atoms with Crippen LogP contribution in [0.2, 0.25) is 0 Å². The van der Waals surface area contributed by atoms with Gasteiger partial charge in [-0.3, -0.25) is 4.79 Å². The molecule has 0 radical (unpaired) electrons. The van der Waals surface area contributed by atoms with Crippen molar-refractivity contribution in [2.75, 3.05) is 0 Å². The van der Waals surface area contributed by atoms with E-state index < -0.39 is 5.60 Å². The van der Waals surface area contributed by atoms with Crippen LogP contribution in [0.15, 0.2) is 12.2 Å². The van der Waals surface area contributed by atoms with Crippen molar-refractivity contribution in [3.05, 3.63) is 12.2 Å². The van der Waals surface area contributed by atoms with Crippen molar-refractivity contribution in [3.63, 3.8) is 0 Å². The lowest BCUT2D eigenvalue weighted by Gasteiger charge is -2.46. The minimum Gasteiger partial charge on any atom is -0.390 e. The topological polar surface area (TPSA) is 37.3 Å². The van der Waals surface area contributed by atoms with Crippen LogP contribution in [0.5, 0.6) is 0 Å². The molecular formula is C13H22O2. The molecule has 0 spiro atoms. The monoisotopic (exact) mass is 210 g/mol. The molecule has 0 aromatic carbocycles. The number of carbonyl (C=O) groups excluding carboxylic acids is 1. The lowest BCUT2D eigenvalue weighted by Crippen LogP contribution is -2.46. The van der Waals surface area contributed by atoms with E-state index in [1.807, 2.05) is 13.0 Å². The van der Waals surface area contributed by atoms with Crippen LogP contribution in [0.3, 0.4) is 0 Å². The second kappa shape index (κ2) is 4.09. The van der Waals surface area contributed by atoms with E-state index in [-0.39, 0.29) is 17.1 Å². The molecule has 1 aliphatic rings. The van der Waals surface area contributed by atoms with E-state index in [1.54, 1.807) is 13.0 Å². The number of allylic oxidation sites excluding steroid dienone is 1. The molecule has 2 unspecified atom stereocenters. The molecule has 1 aliphatic carbocycles. The van der Waals surface area contributed by atoms with E-state index in [0.29, 0.717) is 0 Å². The fourth-order valence-electron chi connectivity index (χ4n) is 2.75. The van der Waals surface area contributed by atoms with Gasteiger partial charge in [0.25, 0.3) is 0 Å². The maximum Gasteiger partial charge on any atom is 0.152 e. The summed E-state index contributed by atoms with van der Waals surface area (Å²) in [5.41, 5.74) is -0.596. The van der Waals surface area contributed by atoms with Gasteiger partial charge >= 0.3 is 0 Å². The summed E-state index contributed by atoms with van der Waals surface area (Å²) in [4.78, 5) is 10.9. The van der Waals surface area contributed by atoms with Crippen molar-refractivity contribution in [3.8, 4) is 0 Å². The number of hydrogen-bond acceptors (Lipinski definition) is 2. The third-order valence-electron chi connectivity index (χ3n) is 3.54. The highest BCUT2D eigenvalue weighted by Crippen LogP contribution is 2.46. The maximum absolute atomic E-state index is 10.9. The highest BCUT2D eigenvalue weighted by molar-refractivity contribution is 5.87. The van der Waals surface area contributed by atoms with Crippen molar-refractivity contribution in [1.29, 1.82) is 0 Å². The molecule has 0 saturated heterocycles. The van der Waals surface area contributed by atoms with Crippen LogP contribution < -0.4 is 0 Å². The number of hydrogen-bond donors (Lipinski definition) is 1. The van der Waals surface area contributed by atoms with Gasteiger partial charge in [0.1, 0.15) is 0 Å². The zero-order chi connectivity index (χ0) is 11.7. The largest absolute Gasteiger partial charge is 0.390 e. The minimum atomic E-state index is -0.673. The SMILES string of the molecule is CC(=O)/C=C/C1C(C)(C)CCCC1(C)O. The Hall–Kier alpha value is -0.630. The molecule has 0 aromatic rings. The Bertz CT molecular complexity index is 258. The zero-order valence-corrected chi connectivity index (χ0v) is 10.2. The Balaban J connectivity index is 2.91. The van der Waals surface area contributed by atoms with Crippen molar-refractivity contribution >= 4 is 5.78 Å². The van der Waals surface area contributed by atoms with Crippen LogP contribution in [-0.4, -0.2) is 16.5 Å². The molecule has 0 amide bonds. The van der Waals surface area contributed by atoms with Gasteiger partial charge in [-0.1, -0.05) is 26.3 Å². The summed E-state index contributed by atoms with van der Waals surface area (Å²) in [6.07, 6.45) is 6.47. The van der Waals surface area contributed by atoms with Crippen molar-refractivity contribution < 1.29 is 9.90 Å². The molecule has 0 bridgehead atoms. The van der Waals surface area contributed by atoms with Crippen LogP contribution in [0.1, 0.15) is 47.0 Å². The summed E-state index contributed by atoms with van der Waals surface area (Å²) >= 11 is 0. The van der Waals surface area contributed by atoms with E-state index >= 15 is 0 Å². The summed E-state index contributed by atoms with van der Waals surface area (Å²) in [6, 6.07) is 0. The number of aliphatic hydroxyl groups is 1. The van der Waals surface area contributed by atoms with E-state index in [4.69, 9.17) is 0 Å². The molecule has 15 heavy (non-hydrogen) atoms. The highest BCUT2D eigenvalue weighted by Gasteiger charge is 2.43. The van der Waals surface area contributed by atoms with Gasteiger partial charge in [0, 0.05) is 5.92 Å². The molecule has 86 valence electrons. The highest BCUT2D eigenvalue weighted by atomic mass is 16.3. The molecule has 2 nitrogen and oxygen atoms in total. The molecule has 0 aliphatic heterocycles. The first kappa shape index (κ1) is 12.4. The summed E-state index contributed by atoms with van der Waals surface area (Å²) < 4.78 is 0. The van der Waals surface area contributed by atoms with Crippen molar-refractivity contribution in [1.82, 2.24) is 0 Å². The summed E-state index contributed by atoms with van der Waals surface area (Å²) in [7, 11) is 0. The van der Waals surface area contributed by atoms with Gasteiger partial charge in [-0.15, -0.1) is 0 Å². The standard InChI is InChI=1S/C13H22O2/c1-10(14)6-7-11-12(2,3)8-5-9-13(11,4)15/h6-7,11,15H,5,8-9H2,1-4H3/b7-6+. The van der Waals surface area contributed by atoms with E-state index in [9.17, 15) is 9.90 Å². The minimum absolute atomic E-state index is 0.0483. The van der Waals surface area contributed by atoms with Crippen molar-refractivity contribution in [2.24, 2.45) is 11.3 Å². The van der Waals surface area contributed by atoms with Crippen LogP contribution >= 0.6 is 0 Å². The van der Waals surface area contributed by atoms with E-state index in [1.165, 1.54) is 0 Å². The van der Waals surface area contributed by atoms with Crippen LogP contribution in [0.4, 0.5) is 0 Å². The molecule has 0 aromatic heterocycles. The summed E-state index contributed by atoms with van der Waals surface area (Å²) in [5.74, 6) is 0.120. The van der Waals surface area contributed by atoms with Gasteiger partial charge in [0.05, 0.1) is 5.60 Å². The van der Waals surface area contributed by atoms with Gasteiger partial charge in [0.2, 0.25) is 0 Å². The first-order valence-corrected chi connectivity index (χ1v) is 5.67. The third-order valence-corrected chi connectivity index (χ3v) is 3.54. The Morgan fingerprint density at radius 1 is 1.33 bits per heavy atom. The number of ketones is 1. The Morgan fingerprint density at radius 2 is 1.93 bits per heavy atom. The van der Waals surface area contributed by atoms with Gasteiger partial charge in [0.15, 0.2) is 5.78 Å². The average molecular weight is 210 g/mol. The van der Waals surface area contributed by atoms with Gasteiger partial charge < -0.3 is 5.11 Å². The third kappa shape index (κ3) is 2.91. The molecular weight excluding hydrogens is 188 g/mol. The van der Waals surface area contributed by atoms with Gasteiger partial charge in [-0.25, -0.2) is 0 Å². The fourth-order valence-corrected chi connectivity index (χ4v) is 2.75. The Morgan fingerprint density at radius 3 is 2.40 bits per heavy atom. The van der Waals surface area contributed by atoms with E-state index in [0.717, 1.165) is 19.3 Å². The second-order valence-corrected chi connectivity index (χ2v) is 5.65. The smallest absolute Gasteiger partial charge is 0.152 e. The number of carbonyl (C=O) groups is 1.